The van der Waals surface area contributed by atoms with Gasteiger partial charge in [0.15, 0.2) is 0 Å². The number of rotatable bonds is 3. The van der Waals surface area contributed by atoms with E-state index in [1.54, 1.807) is 4.90 Å². The van der Waals surface area contributed by atoms with Gasteiger partial charge in [0.05, 0.1) is 0 Å². The number of amides is 1. The zero-order valence-electron chi connectivity index (χ0n) is 6.95. The molecule has 1 saturated heterocycles. The molecule has 0 N–H and O–H groups in total. The van der Waals surface area contributed by atoms with Crippen LogP contribution in [0, 0.1) is 0 Å². The second-order valence-electron chi connectivity index (χ2n) is 2.76. The standard InChI is InChI=1S/C8H15NO2/c1-2-9(7-10)8-5-3-4-6-11-8/h7-8H,2-6H2,1H3. The summed E-state index contributed by atoms with van der Waals surface area (Å²) in [7, 11) is 0. The van der Waals surface area contributed by atoms with Crippen molar-refractivity contribution >= 4 is 6.41 Å². The zero-order chi connectivity index (χ0) is 8.10. The minimum atomic E-state index is 0.0475. The lowest BCUT2D eigenvalue weighted by atomic mass is 10.2. The Morgan fingerprint density at radius 2 is 2.45 bits per heavy atom. The molecule has 0 saturated carbocycles. The molecule has 3 nitrogen and oxygen atoms in total. The van der Waals surface area contributed by atoms with Crippen LogP contribution in [0.25, 0.3) is 0 Å². The third kappa shape index (κ3) is 2.19. The summed E-state index contributed by atoms with van der Waals surface area (Å²) in [6, 6.07) is 0. The summed E-state index contributed by atoms with van der Waals surface area (Å²) >= 11 is 0. The third-order valence-electron chi connectivity index (χ3n) is 2.03. The lowest BCUT2D eigenvalue weighted by Gasteiger charge is -2.30. The van der Waals surface area contributed by atoms with Gasteiger partial charge < -0.3 is 9.64 Å². The van der Waals surface area contributed by atoms with Crippen LogP contribution in [-0.2, 0) is 9.53 Å². The van der Waals surface area contributed by atoms with Crippen LogP contribution in [-0.4, -0.2) is 30.7 Å². The summed E-state index contributed by atoms with van der Waals surface area (Å²) in [6.45, 7) is 3.51. The van der Waals surface area contributed by atoms with Crippen molar-refractivity contribution in [2.75, 3.05) is 13.2 Å². The molecule has 0 spiro atoms. The first-order valence-electron chi connectivity index (χ1n) is 4.21. The van der Waals surface area contributed by atoms with E-state index < -0.39 is 0 Å². The van der Waals surface area contributed by atoms with Gasteiger partial charge in [-0.2, -0.15) is 0 Å². The molecular formula is C8H15NO2. The molecule has 11 heavy (non-hydrogen) atoms. The topological polar surface area (TPSA) is 29.5 Å². The van der Waals surface area contributed by atoms with Crippen LogP contribution >= 0.6 is 0 Å². The Kier molecular flexibility index (Phi) is 3.36. The van der Waals surface area contributed by atoms with Gasteiger partial charge in [-0.05, 0) is 26.2 Å². The Balaban J connectivity index is 2.35. The minimum Gasteiger partial charge on any atom is -0.358 e. The molecule has 0 bridgehead atoms. The first-order chi connectivity index (χ1) is 5.38. The van der Waals surface area contributed by atoms with E-state index in [1.807, 2.05) is 6.92 Å². The number of carbonyl (C=O) groups excluding carboxylic acids is 1. The molecule has 64 valence electrons. The zero-order valence-corrected chi connectivity index (χ0v) is 6.95. The quantitative estimate of drug-likeness (QED) is 0.572. The minimum absolute atomic E-state index is 0.0475. The highest BCUT2D eigenvalue weighted by atomic mass is 16.5. The fraction of sp³-hybridized carbons (Fsp3) is 0.875. The average molecular weight is 157 g/mol. The summed E-state index contributed by atoms with van der Waals surface area (Å²) in [4.78, 5) is 12.2. The predicted octanol–water partition coefficient (Wildman–Crippen LogP) is 0.991. The smallest absolute Gasteiger partial charge is 0.211 e. The van der Waals surface area contributed by atoms with E-state index in [2.05, 4.69) is 0 Å². The van der Waals surface area contributed by atoms with Gasteiger partial charge in [0, 0.05) is 13.2 Å². The van der Waals surface area contributed by atoms with Gasteiger partial charge in [-0.1, -0.05) is 0 Å². The van der Waals surface area contributed by atoms with Gasteiger partial charge >= 0.3 is 0 Å². The molecule has 1 aliphatic heterocycles. The summed E-state index contributed by atoms with van der Waals surface area (Å²) < 4.78 is 5.42. The van der Waals surface area contributed by atoms with Crippen LogP contribution in [0.1, 0.15) is 26.2 Å². The van der Waals surface area contributed by atoms with Crippen molar-refractivity contribution in [3.63, 3.8) is 0 Å². The van der Waals surface area contributed by atoms with Crippen LogP contribution in [0.15, 0.2) is 0 Å². The van der Waals surface area contributed by atoms with Gasteiger partial charge in [0.2, 0.25) is 6.41 Å². The molecular weight excluding hydrogens is 142 g/mol. The van der Waals surface area contributed by atoms with Crippen LogP contribution in [0.4, 0.5) is 0 Å². The number of nitrogens with zero attached hydrogens (tertiary/aromatic N) is 1. The van der Waals surface area contributed by atoms with Gasteiger partial charge in [0.25, 0.3) is 0 Å². The first-order valence-corrected chi connectivity index (χ1v) is 4.21. The highest BCUT2D eigenvalue weighted by Crippen LogP contribution is 2.14. The Morgan fingerprint density at radius 3 is 2.91 bits per heavy atom. The van der Waals surface area contributed by atoms with Crippen LogP contribution < -0.4 is 0 Å². The van der Waals surface area contributed by atoms with E-state index >= 15 is 0 Å². The third-order valence-corrected chi connectivity index (χ3v) is 2.03. The van der Waals surface area contributed by atoms with Gasteiger partial charge in [0.1, 0.15) is 6.23 Å². The maximum atomic E-state index is 10.5. The molecule has 1 amide bonds. The normalized spacial score (nSPS) is 24.6. The second kappa shape index (κ2) is 4.34. The number of hydrogen-bond acceptors (Lipinski definition) is 2. The monoisotopic (exact) mass is 157 g/mol. The van der Waals surface area contributed by atoms with Gasteiger partial charge in [-0.3, -0.25) is 4.79 Å². The lowest BCUT2D eigenvalue weighted by Crippen LogP contribution is -2.38. The molecule has 1 rings (SSSR count). The molecule has 3 heteroatoms. The maximum absolute atomic E-state index is 10.5. The van der Waals surface area contributed by atoms with Crippen molar-refractivity contribution in [1.82, 2.24) is 4.90 Å². The Bertz CT molecular complexity index is 121. The van der Waals surface area contributed by atoms with E-state index in [4.69, 9.17) is 4.74 Å². The van der Waals surface area contributed by atoms with Crippen molar-refractivity contribution in [2.45, 2.75) is 32.4 Å². The molecule has 1 atom stereocenters. The maximum Gasteiger partial charge on any atom is 0.211 e. The molecule has 0 aromatic rings. The Hall–Kier alpha value is -0.570. The highest BCUT2D eigenvalue weighted by molar-refractivity contribution is 5.47. The summed E-state index contributed by atoms with van der Waals surface area (Å²) in [5.41, 5.74) is 0. The van der Waals surface area contributed by atoms with Gasteiger partial charge in [-0.25, -0.2) is 0 Å². The van der Waals surface area contributed by atoms with E-state index in [0.29, 0.717) is 0 Å². The summed E-state index contributed by atoms with van der Waals surface area (Å²) in [6.07, 6.45) is 4.22. The van der Waals surface area contributed by atoms with E-state index in [9.17, 15) is 4.79 Å². The molecule has 1 unspecified atom stereocenters. The average Bonchev–Trinajstić information content (AvgIpc) is 2.09. The number of hydrogen-bond donors (Lipinski definition) is 0. The van der Waals surface area contributed by atoms with Crippen molar-refractivity contribution in [3.05, 3.63) is 0 Å². The van der Waals surface area contributed by atoms with Crippen LogP contribution in [0.3, 0.4) is 0 Å². The Morgan fingerprint density at radius 1 is 1.64 bits per heavy atom. The Labute approximate surface area is 67.3 Å². The van der Waals surface area contributed by atoms with Crippen molar-refractivity contribution < 1.29 is 9.53 Å². The predicted molar refractivity (Wildman–Crippen MR) is 42.0 cm³/mol. The molecule has 0 aromatic carbocycles. The van der Waals surface area contributed by atoms with Crippen molar-refractivity contribution in [3.8, 4) is 0 Å². The fourth-order valence-electron chi connectivity index (χ4n) is 1.33. The molecule has 0 aliphatic carbocycles. The molecule has 1 heterocycles. The fourth-order valence-corrected chi connectivity index (χ4v) is 1.33. The molecule has 0 radical (unpaired) electrons. The molecule has 0 aromatic heterocycles. The molecule has 1 fully saturated rings. The van der Waals surface area contributed by atoms with E-state index in [1.165, 1.54) is 6.42 Å². The van der Waals surface area contributed by atoms with Crippen molar-refractivity contribution in [2.24, 2.45) is 0 Å². The largest absolute Gasteiger partial charge is 0.358 e. The molecule has 1 aliphatic rings. The second-order valence-corrected chi connectivity index (χ2v) is 2.76. The van der Waals surface area contributed by atoms with Crippen LogP contribution in [0.2, 0.25) is 0 Å². The SMILES string of the molecule is CCN(C=O)C1CCCCO1. The highest BCUT2D eigenvalue weighted by Gasteiger charge is 2.18. The first kappa shape index (κ1) is 8.53. The summed E-state index contributed by atoms with van der Waals surface area (Å²) in [5.74, 6) is 0. The van der Waals surface area contributed by atoms with E-state index in [0.717, 1.165) is 32.4 Å². The van der Waals surface area contributed by atoms with Gasteiger partial charge in [-0.15, -0.1) is 0 Å². The lowest BCUT2D eigenvalue weighted by molar-refractivity contribution is -0.136. The number of carbonyl (C=O) groups is 1. The van der Waals surface area contributed by atoms with Crippen molar-refractivity contribution in [1.29, 1.82) is 0 Å². The van der Waals surface area contributed by atoms with E-state index in [-0.39, 0.29) is 6.23 Å². The summed E-state index contributed by atoms with van der Waals surface area (Å²) in [5, 5.41) is 0. The number of ether oxygens (including phenoxy) is 1. The van der Waals surface area contributed by atoms with Crippen LogP contribution in [0.5, 0.6) is 0 Å².